The van der Waals surface area contributed by atoms with Crippen LogP contribution in [0.1, 0.15) is 22.8 Å². The van der Waals surface area contributed by atoms with Crippen molar-refractivity contribution in [1.29, 1.82) is 0 Å². The number of thiazole rings is 1. The molecule has 2 atom stereocenters. The van der Waals surface area contributed by atoms with Gasteiger partial charge in [-0.1, -0.05) is 12.1 Å². The Morgan fingerprint density at radius 1 is 1.35 bits per heavy atom. The minimum Gasteiger partial charge on any atom is -0.358 e. The third-order valence-corrected chi connectivity index (χ3v) is 3.86. The molecule has 4 heteroatoms. The van der Waals surface area contributed by atoms with E-state index in [1.165, 1.54) is 22.6 Å². The maximum atomic E-state index is 12.8. The van der Waals surface area contributed by atoms with Crippen LogP contribution in [0.15, 0.2) is 30.5 Å². The number of nitrogens with zero attached hydrogens (tertiary/aromatic N) is 1. The molecule has 1 aliphatic carbocycles. The summed E-state index contributed by atoms with van der Waals surface area (Å²) in [5, 5.41) is 4.40. The van der Waals surface area contributed by atoms with E-state index in [9.17, 15) is 4.39 Å². The molecule has 1 N–H and O–H groups in total. The van der Waals surface area contributed by atoms with Crippen LogP contribution in [0.2, 0.25) is 0 Å². The second-order valence-electron chi connectivity index (χ2n) is 4.42. The Bertz CT molecular complexity index is 520. The standard InChI is InChI=1S/C13H13FN2S/c1-8-7-15-13(17-8)16-12-6-11(12)9-2-4-10(14)5-3-9/h2-5,7,11-12H,6H2,1H3,(H,15,16)/t11-,12+/m0/s1. The summed E-state index contributed by atoms with van der Waals surface area (Å²) in [4.78, 5) is 5.50. The molecule has 0 bridgehead atoms. The molecule has 17 heavy (non-hydrogen) atoms. The molecular weight excluding hydrogens is 235 g/mol. The van der Waals surface area contributed by atoms with Gasteiger partial charge in [-0.25, -0.2) is 9.37 Å². The van der Waals surface area contributed by atoms with Crippen LogP contribution in [-0.4, -0.2) is 11.0 Å². The molecule has 1 heterocycles. The molecule has 0 saturated heterocycles. The molecule has 1 fully saturated rings. The first kappa shape index (κ1) is 10.7. The molecule has 1 aromatic carbocycles. The van der Waals surface area contributed by atoms with Gasteiger partial charge in [0.15, 0.2) is 5.13 Å². The molecule has 0 aliphatic heterocycles. The van der Waals surface area contributed by atoms with E-state index in [4.69, 9.17) is 0 Å². The van der Waals surface area contributed by atoms with Gasteiger partial charge in [-0.15, -0.1) is 11.3 Å². The molecule has 88 valence electrons. The summed E-state index contributed by atoms with van der Waals surface area (Å²) in [7, 11) is 0. The fourth-order valence-electron chi connectivity index (χ4n) is 2.01. The number of anilines is 1. The van der Waals surface area contributed by atoms with Gasteiger partial charge in [-0.3, -0.25) is 0 Å². The van der Waals surface area contributed by atoms with Crippen molar-refractivity contribution in [3.63, 3.8) is 0 Å². The Morgan fingerprint density at radius 3 is 2.76 bits per heavy atom. The number of benzene rings is 1. The maximum Gasteiger partial charge on any atom is 0.183 e. The number of aryl methyl sites for hydroxylation is 1. The lowest BCUT2D eigenvalue weighted by atomic mass is 10.1. The van der Waals surface area contributed by atoms with E-state index in [2.05, 4.69) is 10.3 Å². The third-order valence-electron chi connectivity index (χ3n) is 3.02. The molecule has 0 amide bonds. The predicted octanol–water partition coefficient (Wildman–Crippen LogP) is 3.56. The minimum atomic E-state index is -0.172. The second kappa shape index (κ2) is 4.11. The van der Waals surface area contributed by atoms with Gasteiger partial charge < -0.3 is 5.32 Å². The average Bonchev–Trinajstić information content (AvgIpc) is 2.94. The highest BCUT2D eigenvalue weighted by atomic mass is 32.1. The molecular formula is C13H13FN2S. The maximum absolute atomic E-state index is 12.8. The van der Waals surface area contributed by atoms with Crippen molar-refractivity contribution in [2.45, 2.75) is 25.3 Å². The predicted molar refractivity (Wildman–Crippen MR) is 68.0 cm³/mol. The van der Waals surface area contributed by atoms with Gasteiger partial charge in [-0.05, 0) is 31.0 Å². The summed E-state index contributed by atoms with van der Waals surface area (Å²) in [6, 6.07) is 7.24. The molecule has 0 unspecified atom stereocenters. The van der Waals surface area contributed by atoms with Crippen LogP contribution in [0.25, 0.3) is 0 Å². The first-order valence-electron chi connectivity index (χ1n) is 5.67. The number of hydrogen-bond donors (Lipinski definition) is 1. The number of nitrogens with one attached hydrogen (secondary N) is 1. The molecule has 3 rings (SSSR count). The van der Waals surface area contributed by atoms with Gasteiger partial charge in [-0.2, -0.15) is 0 Å². The highest BCUT2D eigenvalue weighted by Gasteiger charge is 2.38. The monoisotopic (exact) mass is 248 g/mol. The fourth-order valence-corrected chi connectivity index (χ4v) is 2.74. The number of halogens is 1. The zero-order valence-electron chi connectivity index (χ0n) is 9.48. The number of aromatic nitrogens is 1. The summed E-state index contributed by atoms with van der Waals surface area (Å²) < 4.78 is 12.8. The molecule has 1 saturated carbocycles. The molecule has 1 aromatic heterocycles. The van der Waals surface area contributed by atoms with Crippen molar-refractivity contribution in [1.82, 2.24) is 4.98 Å². The van der Waals surface area contributed by atoms with Crippen LogP contribution in [0.4, 0.5) is 9.52 Å². The van der Waals surface area contributed by atoms with E-state index in [-0.39, 0.29) is 5.82 Å². The smallest absolute Gasteiger partial charge is 0.183 e. The highest BCUT2D eigenvalue weighted by molar-refractivity contribution is 7.15. The number of rotatable bonds is 3. The van der Waals surface area contributed by atoms with Gasteiger partial charge in [0.2, 0.25) is 0 Å². The molecule has 0 spiro atoms. The summed E-state index contributed by atoms with van der Waals surface area (Å²) in [5.74, 6) is 0.328. The van der Waals surface area contributed by atoms with Gasteiger partial charge in [0, 0.05) is 23.0 Å². The summed E-state index contributed by atoms with van der Waals surface area (Å²) in [5.41, 5.74) is 1.21. The van der Waals surface area contributed by atoms with Crippen molar-refractivity contribution < 1.29 is 4.39 Å². The second-order valence-corrected chi connectivity index (χ2v) is 5.66. The van der Waals surface area contributed by atoms with Gasteiger partial charge >= 0.3 is 0 Å². The lowest BCUT2D eigenvalue weighted by molar-refractivity contribution is 0.627. The van der Waals surface area contributed by atoms with E-state index in [1.807, 2.05) is 25.3 Å². The zero-order chi connectivity index (χ0) is 11.8. The normalized spacial score (nSPS) is 22.5. The molecule has 1 aliphatic rings. The van der Waals surface area contributed by atoms with Gasteiger partial charge in [0.1, 0.15) is 5.82 Å². The Hall–Kier alpha value is -1.42. The molecule has 2 nitrogen and oxygen atoms in total. The first-order valence-corrected chi connectivity index (χ1v) is 6.48. The Balaban J connectivity index is 1.64. The SMILES string of the molecule is Cc1cnc(N[C@@H]2C[C@H]2c2ccc(F)cc2)s1. The quantitative estimate of drug-likeness (QED) is 0.898. The molecule has 0 radical (unpaired) electrons. The van der Waals surface area contributed by atoms with E-state index in [0.717, 1.165) is 11.6 Å². The van der Waals surface area contributed by atoms with Crippen LogP contribution in [0.5, 0.6) is 0 Å². The largest absolute Gasteiger partial charge is 0.358 e. The van der Waals surface area contributed by atoms with Crippen LogP contribution >= 0.6 is 11.3 Å². The van der Waals surface area contributed by atoms with Crippen LogP contribution in [0, 0.1) is 12.7 Å². The van der Waals surface area contributed by atoms with E-state index >= 15 is 0 Å². The van der Waals surface area contributed by atoms with Crippen molar-refractivity contribution in [3.8, 4) is 0 Å². The summed E-state index contributed by atoms with van der Waals surface area (Å²) in [6.45, 7) is 2.05. The number of hydrogen-bond acceptors (Lipinski definition) is 3. The van der Waals surface area contributed by atoms with Crippen molar-refractivity contribution in [3.05, 3.63) is 46.7 Å². The van der Waals surface area contributed by atoms with Gasteiger partial charge in [0.25, 0.3) is 0 Å². The summed E-state index contributed by atoms with van der Waals surface area (Å²) in [6.07, 6.45) is 2.98. The highest BCUT2D eigenvalue weighted by Crippen LogP contribution is 2.43. The lowest BCUT2D eigenvalue weighted by Crippen LogP contribution is -2.03. The van der Waals surface area contributed by atoms with Crippen LogP contribution < -0.4 is 5.32 Å². The fraction of sp³-hybridized carbons (Fsp3) is 0.308. The minimum absolute atomic E-state index is 0.172. The molecule has 2 aromatic rings. The van der Waals surface area contributed by atoms with E-state index in [1.54, 1.807) is 11.3 Å². The third kappa shape index (κ3) is 2.31. The first-order chi connectivity index (χ1) is 8.22. The van der Waals surface area contributed by atoms with Crippen molar-refractivity contribution in [2.75, 3.05) is 5.32 Å². The van der Waals surface area contributed by atoms with Crippen molar-refractivity contribution >= 4 is 16.5 Å². The Kier molecular flexibility index (Phi) is 2.59. The zero-order valence-corrected chi connectivity index (χ0v) is 10.3. The lowest BCUT2D eigenvalue weighted by Gasteiger charge is -2.02. The summed E-state index contributed by atoms with van der Waals surface area (Å²) >= 11 is 1.67. The van der Waals surface area contributed by atoms with Crippen molar-refractivity contribution in [2.24, 2.45) is 0 Å². The van der Waals surface area contributed by atoms with Crippen LogP contribution in [0.3, 0.4) is 0 Å². The Morgan fingerprint density at radius 2 is 2.12 bits per heavy atom. The van der Waals surface area contributed by atoms with Crippen LogP contribution in [-0.2, 0) is 0 Å². The van der Waals surface area contributed by atoms with Gasteiger partial charge in [0.05, 0.1) is 0 Å². The average molecular weight is 248 g/mol. The van der Waals surface area contributed by atoms with E-state index < -0.39 is 0 Å². The Labute approximate surface area is 104 Å². The topological polar surface area (TPSA) is 24.9 Å². The van der Waals surface area contributed by atoms with E-state index in [0.29, 0.717) is 12.0 Å².